The molecule has 0 saturated heterocycles. The maximum absolute atomic E-state index is 10.6. The molecule has 0 bridgehead atoms. The molecule has 1 aliphatic carbocycles. The Kier molecular flexibility index (Phi) is 2.54. The van der Waals surface area contributed by atoms with E-state index < -0.39 is 0 Å². The van der Waals surface area contributed by atoms with Crippen molar-refractivity contribution in [3.63, 3.8) is 0 Å². The first-order chi connectivity index (χ1) is 8.84. The summed E-state index contributed by atoms with van der Waals surface area (Å²) in [4.78, 5) is 18.5. The van der Waals surface area contributed by atoms with Crippen molar-refractivity contribution in [3.05, 3.63) is 42.5 Å². The molecule has 0 N–H and O–H groups in total. The number of isocyanates is 1. The van der Waals surface area contributed by atoms with Gasteiger partial charge in [0.15, 0.2) is 0 Å². The van der Waals surface area contributed by atoms with Gasteiger partial charge in [-0.15, -0.1) is 0 Å². The number of benzene rings is 1. The predicted octanol–water partition coefficient (Wildman–Crippen LogP) is 1.98. The molecule has 0 atom stereocenters. The van der Waals surface area contributed by atoms with Crippen LogP contribution in [0.15, 0.2) is 41.9 Å². The van der Waals surface area contributed by atoms with Crippen molar-refractivity contribution in [2.45, 2.75) is 24.8 Å². The molecule has 5 heteroatoms. The third kappa shape index (κ3) is 1.65. The summed E-state index contributed by atoms with van der Waals surface area (Å²) in [7, 11) is 0. The van der Waals surface area contributed by atoms with Gasteiger partial charge in [-0.1, -0.05) is 12.1 Å². The van der Waals surface area contributed by atoms with E-state index in [1.165, 1.54) is 6.33 Å². The minimum Gasteiger partial charge on any atom is -0.223 e. The molecule has 0 aliphatic heterocycles. The average Bonchev–Trinajstić information content (AvgIpc) is 2.88. The van der Waals surface area contributed by atoms with Gasteiger partial charge in [0.2, 0.25) is 6.08 Å². The third-order valence-corrected chi connectivity index (χ3v) is 3.51. The Morgan fingerprint density at radius 2 is 2.28 bits per heavy atom. The normalized spacial score (nSPS) is 16.7. The second kappa shape index (κ2) is 4.20. The van der Waals surface area contributed by atoms with E-state index in [0.717, 1.165) is 30.5 Å². The number of aromatic nitrogens is 3. The van der Waals surface area contributed by atoms with Gasteiger partial charge < -0.3 is 0 Å². The van der Waals surface area contributed by atoms with Crippen LogP contribution in [0.2, 0.25) is 0 Å². The van der Waals surface area contributed by atoms with E-state index >= 15 is 0 Å². The fraction of sp³-hybridized carbons (Fsp3) is 0.308. The lowest BCUT2D eigenvalue weighted by molar-refractivity contribution is 0.256. The molecule has 3 rings (SSSR count). The topological polar surface area (TPSA) is 60.1 Å². The molecule has 0 spiro atoms. The standard InChI is InChI=1S/C13H12N4O/c18-10-15-13(5-2-6-13)11-3-1-4-12(7-11)17-9-14-8-16-17/h1,3-4,7-9H,2,5-6H2. The van der Waals surface area contributed by atoms with Gasteiger partial charge >= 0.3 is 0 Å². The smallest absolute Gasteiger partial charge is 0.223 e. The van der Waals surface area contributed by atoms with Gasteiger partial charge in [0.05, 0.1) is 11.2 Å². The molecule has 1 aliphatic rings. The molecule has 5 nitrogen and oxygen atoms in total. The number of hydrogen-bond acceptors (Lipinski definition) is 4. The van der Waals surface area contributed by atoms with Crippen molar-refractivity contribution in [2.24, 2.45) is 4.99 Å². The van der Waals surface area contributed by atoms with E-state index in [0.29, 0.717) is 0 Å². The minimum atomic E-state index is -0.363. The van der Waals surface area contributed by atoms with Gasteiger partial charge in [0.1, 0.15) is 12.7 Å². The number of hydrogen-bond donors (Lipinski definition) is 0. The van der Waals surface area contributed by atoms with E-state index in [9.17, 15) is 4.79 Å². The van der Waals surface area contributed by atoms with E-state index in [-0.39, 0.29) is 5.54 Å². The molecule has 2 aromatic rings. The Hall–Kier alpha value is -2.26. The van der Waals surface area contributed by atoms with Crippen LogP contribution >= 0.6 is 0 Å². The van der Waals surface area contributed by atoms with Crippen LogP contribution in [0, 0.1) is 0 Å². The highest BCUT2D eigenvalue weighted by Crippen LogP contribution is 2.44. The number of carbonyl (C=O) groups excluding carboxylic acids is 1. The van der Waals surface area contributed by atoms with Gasteiger partial charge in [0, 0.05) is 0 Å². The molecule has 1 fully saturated rings. The van der Waals surface area contributed by atoms with Crippen molar-refractivity contribution < 1.29 is 4.79 Å². The van der Waals surface area contributed by atoms with Crippen LogP contribution in [-0.4, -0.2) is 20.8 Å². The molecule has 1 heterocycles. The SMILES string of the molecule is O=C=NC1(c2cccc(-n3cncn3)c2)CCC1. The lowest BCUT2D eigenvalue weighted by Crippen LogP contribution is -2.31. The Balaban J connectivity index is 2.03. The first-order valence-electron chi connectivity index (χ1n) is 5.89. The molecule has 0 unspecified atom stereocenters. The first kappa shape index (κ1) is 10.9. The number of rotatable bonds is 3. The van der Waals surface area contributed by atoms with Crippen molar-refractivity contribution in [1.29, 1.82) is 0 Å². The zero-order valence-corrected chi connectivity index (χ0v) is 9.78. The van der Waals surface area contributed by atoms with E-state index in [2.05, 4.69) is 15.1 Å². The van der Waals surface area contributed by atoms with Gasteiger partial charge in [0.25, 0.3) is 0 Å². The summed E-state index contributed by atoms with van der Waals surface area (Å²) >= 11 is 0. The highest BCUT2D eigenvalue weighted by molar-refractivity contribution is 5.43. The van der Waals surface area contributed by atoms with E-state index in [1.807, 2.05) is 24.3 Å². The zero-order chi connectivity index (χ0) is 12.4. The minimum absolute atomic E-state index is 0.363. The summed E-state index contributed by atoms with van der Waals surface area (Å²) in [5.41, 5.74) is 1.61. The highest BCUT2D eigenvalue weighted by Gasteiger charge is 2.38. The molecule has 90 valence electrons. The van der Waals surface area contributed by atoms with Crippen LogP contribution in [0.4, 0.5) is 0 Å². The first-order valence-corrected chi connectivity index (χ1v) is 5.89. The monoisotopic (exact) mass is 240 g/mol. The molecule has 0 radical (unpaired) electrons. The van der Waals surface area contributed by atoms with Gasteiger partial charge in [-0.25, -0.2) is 14.5 Å². The van der Waals surface area contributed by atoms with Crippen molar-refractivity contribution >= 4 is 6.08 Å². The lowest BCUT2D eigenvalue weighted by Gasteiger charge is -2.37. The summed E-state index contributed by atoms with van der Waals surface area (Å²) in [5, 5.41) is 4.10. The molecule has 0 amide bonds. The quantitative estimate of drug-likeness (QED) is 0.608. The molecule has 18 heavy (non-hydrogen) atoms. The van der Waals surface area contributed by atoms with Crippen LogP contribution in [0.1, 0.15) is 24.8 Å². The van der Waals surface area contributed by atoms with Gasteiger partial charge in [-0.05, 0) is 37.0 Å². The lowest BCUT2D eigenvalue weighted by atomic mass is 9.72. The van der Waals surface area contributed by atoms with Crippen LogP contribution in [0.25, 0.3) is 5.69 Å². The predicted molar refractivity (Wildman–Crippen MR) is 65.0 cm³/mol. The van der Waals surface area contributed by atoms with E-state index in [4.69, 9.17) is 0 Å². The highest BCUT2D eigenvalue weighted by atomic mass is 16.1. The molecule has 1 aromatic carbocycles. The molecular formula is C13H12N4O. The maximum atomic E-state index is 10.6. The van der Waals surface area contributed by atoms with Crippen LogP contribution in [0.3, 0.4) is 0 Å². The Morgan fingerprint density at radius 3 is 2.89 bits per heavy atom. The van der Waals surface area contributed by atoms with Gasteiger partial charge in [-0.3, -0.25) is 0 Å². The van der Waals surface area contributed by atoms with Crippen LogP contribution < -0.4 is 0 Å². The fourth-order valence-corrected chi connectivity index (χ4v) is 2.34. The second-order valence-corrected chi connectivity index (χ2v) is 4.48. The Bertz CT molecular complexity index is 595. The summed E-state index contributed by atoms with van der Waals surface area (Å²) in [6, 6.07) is 7.91. The maximum Gasteiger partial charge on any atom is 0.235 e. The Labute approximate surface area is 104 Å². The molecule has 1 saturated carbocycles. The van der Waals surface area contributed by atoms with Crippen LogP contribution in [-0.2, 0) is 10.3 Å². The summed E-state index contributed by atoms with van der Waals surface area (Å²) in [6.45, 7) is 0. The van der Waals surface area contributed by atoms with Crippen LogP contribution in [0.5, 0.6) is 0 Å². The van der Waals surface area contributed by atoms with E-state index in [1.54, 1.807) is 17.1 Å². The molecular weight excluding hydrogens is 228 g/mol. The van der Waals surface area contributed by atoms with Crippen molar-refractivity contribution in [2.75, 3.05) is 0 Å². The zero-order valence-electron chi connectivity index (χ0n) is 9.78. The largest absolute Gasteiger partial charge is 0.235 e. The van der Waals surface area contributed by atoms with Crippen molar-refractivity contribution in [1.82, 2.24) is 14.8 Å². The van der Waals surface area contributed by atoms with Crippen molar-refractivity contribution in [3.8, 4) is 5.69 Å². The molecule has 1 aromatic heterocycles. The average molecular weight is 240 g/mol. The fourth-order valence-electron chi connectivity index (χ4n) is 2.34. The van der Waals surface area contributed by atoms with Gasteiger partial charge in [-0.2, -0.15) is 10.1 Å². The Morgan fingerprint density at radius 1 is 1.39 bits per heavy atom. The summed E-state index contributed by atoms with van der Waals surface area (Å²) < 4.78 is 1.69. The summed E-state index contributed by atoms with van der Waals surface area (Å²) in [5.74, 6) is 0. The third-order valence-electron chi connectivity index (χ3n) is 3.51. The number of nitrogens with zero attached hydrogens (tertiary/aromatic N) is 4. The second-order valence-electron chi connectivity index (χ2n) is 4.48. The summed E-state index contributed by atoms with van der Waals surface area (Å²) in [6.07, 6.45) is 7.75. The number of aliphatic imine (C=N–C) groups is 1.